The van der Waals surface area contributed by atoms with Crippen molar-refractivity contribution in [1.82, 2.24) is 9.97 Å². The Balaban J connectivity index is 1.46. The maximum absolute atomic E-state index is 14.3. The summed E-state index contributed by atoms with van der Waals surface area (Å²) in [5.41, 5.74) is 3.08. The molecule has 4 heterocycles. The summed E-state index contributed by atoms with van der Waals surface area (Å²) in [5.74, 6) is 0.678. The highest BCUT2D eigenvalue weighted by Crippen LogP contribution is 2.48. The molecule has 0 radical (unpaired) electrons. The van der Waals surface area contributed by atoms with Crippen molar-refractivity contribution in [2.45, 2.75) is 19.4 Å². The standard InChI is InChI=1S/C25H22BrClN6O/c1-16-25(23(34)33(30-16)20-6-4-19(27)5-7-20)14-17-13-18(26)3-8-21(17)32-12-11-31(15-22(25)32)24-28-9-2-10-29-24/h2-10,13,22H,11-12,14-15H2,1H3. The fourth-order valence-corrected chi connectivity index (χ4v) is 6.03. The zero-order chi connectivity index (χ0) is 23.4. The first-order chi connectivity index (χ1) is 16.5. The Morgan fingerprint density at radius 2 is 1.85 bits per heavy atom. The number of carbonyl (C=O) groups is 1. The van der Waals surface area contributed by atoms with Crippen LogP contribution in [0.25, 0.3) is 0 Å². The second-order valence-electron chi connectivity index (χ2n) is 8.90. The molecule has 0 N–H and O–H groups in total. The molecule has 3 aliphatic rings. The van der Waals surface area contributed by atoms with Crippen molar-refractivity contribution in [3.8, 4) is 0 Å². The minimum absolute atomic E-state index is 0.0104. The lowest BCUT2D eigenvalue weighted by atomic mass is 9.67. The van der Waals surface area contributed by atoms with Crippen LogP contribution in [0.2, 0.25) is 5.02 Å². The van der Waals surface area contributed by atoms with Crippen LogP contribution in [0.1, 0.15) is 12.5 Å². The lowest BCUT2D eigenvalue weighted by Gasteiger charge is -2.53. The Hall–Kier alpha value is -2.97. The molecular weight excluding hydrogens is 516 g/mol. The number of nitrogens with zero attached hydrogens (tertiary/aromatic N) is 6. The lowest BCUT2D eigenvalue weighted by Crippen LogP contribution is -2.67. The van der Waals surface area contributed by atoms with Crippen molar-refractivity contribution in [2.24, 2.45) is 10.5 Å². The molecule has 0 aliphatic carbocycles. The molecule has 1 fully saturated rings. The van der Waals surface area contributed by atoms with Gasteiger partial charge in [-0.2, -0.15) is 10.1 Å². The summed E-state index contributed by atoms with van der Waals surface area (Å²) < 4.78 is 1.01. The molecule has 172 valence electrons. The number of piperazine rings is 1. The van der Waals surface area contributed by atoms with E-state index in [0.717, 1.165) is 34.5 Å². The van der Waals surface area contributed by atoms with Gasteiger partial charge in [0.05, 0.1) is 17.4 Å². The van der Waals surface area contributed by atoms with Gasteiger partial charge in [-0.15, -0.1) is 0 Å². The number of halogens is 2. The van der Waals surface area contributed by atoms with Gasteiger partial charge in [0.15, 0.2) is 0 Å². The monoisotopic (exact) mass is 536 g/mol. The summed E-state index contributed by atoms with van der Waals surface area (Å²) in [6, 6.07) is 15.3. The first-order valence-corrected chi connectivity index (χ1v) is 12.4. The molecule has 2 aromatic carbocycles. The van der Waals surface area contributed by atoms with Crippen molar-refractivity contribution < 1.29 is 4.79 Å². The minimum Gasteiger partial charge on any atom is -0.363 e. The van der Waals surface area contributed by atoms with E-state index in [4.69, 9.17) is 16.7 Å². The van der Waals surface area contributed by atoms with Crippen LogP contribution < -0.4 is 14.8 Å². The molecule has 3 aliphatic heterocycles. The van der Waals surface area contributed by atoms with Crippen molar-refractivity contribution in [3.05, 3.63) is 76.0 Å². The molecule has 0 saturated carbocycles. The maximum Gasteiger partial charge on any atom is 0.261 e. The predicted octanol–water partition coefficient (Wildman–Crippen LogP) is 4.55. The van der Waals surface area contributed by atoms with E-state index in [9.17, 15) is 4.79 Å². The molecule has 2 unspecified atom stereocenters. The summed E-state index contributed by atoms with van der Waals surface area (Å²) in [6.45, 7) is 4.15. The molecular formula is C25H22BrClN6O. The third-order valence-electron chi connectivity index (χ3n) is 7.15. The van der Waals surface area contributed by atoms with Crippen LogP contribution in [0, 0.1) is 5.41 Å². The quantitative estimate of drug-likeness (QED) is 0.480. The van der Waals surface area contributed by atoms with Crippen molar-refractivity contribution in [3.63, 3.8) is 0 Å². The predicted molar refractivity (Wildman–Crippen MR) is 138 cm³/mol. The largest absolute Gasteiger partial charge is 0.363 e. The molecule has 7 nitrogen and oxygen atoms in total. The number of hydrogen-bond acceptors (Lipinski definition) is 6. The van der Waals surface area contributed by atoms with Crippen molar-refractivity contribution >= 4 is 56.5 Å². The van der Waals surface area contributed by atoms with E-state index in [0.29, 0.717) is 23.9 Å². The van der Waals surface area contributed by atoms with Crippen molar-refractivity contribution in [2.75, 3.05) is 34.4 Å². The Morgan fingerprint density at radius 3 is 2.62 bits per heavy atom. The van der Waals surface area contributed by atoms with Crippen LogP contribution in [0.3, 0.4) is 0 Å². The van der Waals surface area contributed by atoms with Crippen LogP contribution >= 0.6 is 27.5 Å². The summed E-state index contributed by atoms with van der Waals surface area (Å²) in [6.07, 6.45) is 4.10. The number of rotatable bonds is 2. The Labute approximate surface area is 211 Å². The Morgan fingerprint density at radius 1 is 1.09 bits per heavy atom. The smallest absolute Gasteiger partial charge is 0.261 e. The molecule has 0 bridgehead atoms. The third kappa shape index (κ3) is 3.23. The summed E-state index contributed by atoms with van der Waals surface area (Å²) in [4.78, 5) is 27.8. The third-order valence-corrected chi connectivity index (χ3v) is 7.89. The second-order valence-corrected chi connectivity index (χ2v) is 10.3. The summed E-state index contributed by atoms with van der Waals surface area (Å²) >= 11 is 9.71. The lowest BCUT2D eigenvalue weighted by molar-refractivity contribution is -0.125. The maximum atomic E-state index is 14.3. The molecule has 2 atom stereocenters. The van der Waals surface area contributed by atoms with Gasteiger partial charge in [0, 0.05) is 47.2 Å². The van der Waals surface area contributed by atoms with Crippen LogP contribution in [-0.4, -0.2) is 47.3 Å². The van der Waals surface area contributed by atoms with E-state index in [1.165, 1.54) is 5.69 Å². The first-order valence-electron chi connectivity index (χ1n) is 11.2. The highest BCUT2D eigenvalue weighted by atomic mass is 79.9. The fourth-order valence-electron chi connectivity index (χ4n) is 5.50. The van der Waals surface area contributed by atoms with E-state index >= 15 is 0 Å². The first kappa shape index (κ1) is 21.6. The van der Waals surface area contributed by atoms with Gasteiger partial charge in [0.25, 0.3) is 5.91 Å². The Kier molecular flexibility index (Phi) is 5.11. The minimum atomic E-state index is -0.791. The molecule has 3 aromatic rings. The SMILES string of the molecule is CC1=NN(c2ccc(Cl)cc2)C(=O)C12Cc1cc(Br)ccc1N1CCN(c3ncccn3)CC12. The fraction of sp³-hybridized carbons (Fsp3) is 0.280. The van der Waals surface area contributed by atoms with Gasteiger partial charge in [0.2, 0.25) is 5.95 Å². The van der Waals surface area contributed by atoms with Crippen LogP contribution in [0.15, 0.2) is 70.5 Å². The van der Waals surface area contributed by atoms with E-state index in [2.05, 4.69) is 53.9 Å². The van der Waals surface area contributed by atoms with Crippen molar-refractivity contribution in [1.29, 1.82) is 0 Å². The second kappa shape index (κ2) is 8.06. The van der Waals surface area contributed by atoms with Gasteiger partial charge >= 0.3 is 0 Å². The highest BCUT2D eigenvalue weighted by Gasteiger charge is 2.60. The number of hydrazone groups is 1. The van der Waals surface area contributed by atoms with Gasteiger partial charge in [0.1, 0.15) is 5.41 Å². The van der Waals surface area contributed by atoms with Crippen LogP contribution in [-0.2, 0) is 11.2 Å². The number of hydrogen-bond donors (Lipinski definition) is 0. The molecule has 1 saturated heterocycles. The number of amides is 1. The molecule has 9 heteroatoms. The summed E-state index contributed by atoms with van der Waals surface area (Å²) in [5, 5.41) is 6.97. The van der Waals surface area contributed by atoms with Crippen LogP contribution in [0.5, 0.6) is 0 Å². The normalized spacial score (nSPS) is 23.7. The summed E-state index contributed by atoms with van der Waals surface area (Å²) in [7, 11) is 0. The van der Waals surface area contributed by atoms with Gasteiger partial charge in [-0.25, -0.2) is 9.97 Å². The van der Waals surface area contributed by atoms with Gasteiger partial charge < -0.3 is 9.80 Å². The average Bonchev–Trinajstić information content (AvgIpc) is 3.10. The van der Waals surface area contributed by atoms with Gasteiger partial charge in [-0.1, -0.05) is 27.5 Å². The molecule has 1 spiro atoms. The van der Waals surface area contributed by atoms with E-state index in [-0.39, 0.29) is 11.9 Å². The Bertz CT molecular complexity index is 1300. The number of fused-ring (bicyclic) bond motifs is 4. The van der Waals surface area contributed by atoms with Crippen LogP contribution in [0.4, 0.5) is 17.3 Å². The number of anilines is 3. The zero-order valence-electron chi connectivity index (χ0n) is 18.5. The molecule has 1 aromatic heterocycles. The van der Waals surface area contributed by atoms with E-state index < -0.39 is 5.41 Å². The average molecular weight is 538 g/mol. The number of carbonyl (C=O) groups excluding carboxylic acids is 1. The highest BCUT2D eigenvalue weighted by molar-refractivity contribution is 9.10. The molecule has 34 heavy (non-hydrogen) atoms. The topological polar surface area (TPSA) is 64.9 Å². The number of aromatic nitrogens is 2. The number of benzene rings is 2. The van der Waals surface area contributed by atoms with Gasteiger partial charge in [-0.05, 0) is 67.4 Å². The zero-order valence-corrected chi connectivity index (χ0v) is 20.9. The van der Waals surface area contributed by atoms with E-state index in [1.807, 2.05) is 25.1 Å². The van der Waals surface area contributed by atoms with Gasteiger partial charge in [-0.3, -0.25) is 4.79 Å². The molecule has 1 amide bonds. The van der Waals surface area contributed by atoms with E-state index in [1.54, 1.807) is 29.5 Å². The molecule has 6 rings (SSSR count).